The number of carbonyl (C=O) groups is 12. The number of nitrogens with one attached hydrogen (secondary N) is 3. The Kier molecular flexibility index (Phi) is 22.8. The second-order valence-corrected chi connectivity index (χ2v) is 30.4. The maximum Gasteiger partial charge on any atom is 0.338 e. The highest BCUT2D eigenvalue weighted by molar-refractivity contribution is 6.31. The van der Waals surface area contributed by atoms with Crippen LogP contribution in [0.25, 0.3) is 0 Å². The van der Waals surface area contributed by atoms with Crippen LogP contribution < -0.4 is 20.7 Å². The molecule has 0 aromatic heterocycles. The molecule has 2 saturated carbocycles. The fourth-order valence-electron chi connectivity index (χ4n) is 17.4. The molecule has 3 amide bonds. The highest BCUT2D eigenvalue weighted by Crippen LogP contribution is 2.65. The molecule has 2 bridgehead atoms. The lowest BCUT2D eigenvalue weighted by molar-refractivity contribution is -0.346. The number of ketones is 4. The molecule has 4 fully saturated rings. The van der Waals surface area contributed by atoms with E-state index in [4.69, 9.17) is 42.6 Å². The van der Waals surface area contributed by atoms with Gasteiger partial charge in [-0.1, -0.05) is 92.7 Å². The van der Waals surface area contributed by atoms with E-state index in [9.17, 15) is 83.4 Å². The van der Waals surface area contributed by atoms with Gasteiger partial charge in [0.05, 0.1) is 78.0 Å². The summed E-state index contributed by atoms with van der Waals surface area (Å²) in [6.07, 6.45) is -19.8. The van der Waals surface area contributed by atoms with E-state index < -0.39 is 239 Å². The number of amides is 3. The lowest BCUT2D eigenvalue weighted by Crippen LogP contribution is -2.82. The summed E-state index contributed by atoms with van der Waals surface area (Å²) >= 11 is 0. The first-order chi connectivity index (χ1) is 53.0. The Hall–Kier alpha value is -10.6. The molecule has 112 heavy (non-hydrogen) atoms. The predicted molar refractivity (Wildman–Crippen MR) is 387 cm³/mol. The van der Waals surface area contributed by atoms with Crippen molar-refractivity contribution in [2.75, 3.05) is 20.3 Å². The van der Waals surface area contributed by atoms with E-state index in [0.29, 0.717) is 0 Å². The van der Waals surface area contributed by atoms with Crippen LogP contribution >= 0.6 is 0 Å². The molecule has 30 nitrogen and oxygen atoms in total. The maximum atomic E-state index is 16.5. The quantitative estimate of drug-likeness (QED) is 0.0173. The first kappa shape index (κ1) is 80.9. The lowest BCUT2D eigenvalue weighted by Gasteiger charge is -2.67. The zero-order chi connectivity index (χ0) is 81.0. The number of aliphatic hydroxyl groups is 4. The third kappa shape index (κ3) is 14.6. The second kappa shape index (κ2) is 31.5. The minimum atomic E-state index is -2.61. The number of fused-ring (bicyclic) bond motifs is 8. The van der Waals surface area contributed by atoms with Crippen LogP contribution in [0.15, 0.2) is 120 Å². The van der Waals surface area contributed by atoms with E-state index in [0.717, 1.165) is 20.8 Å². The first-order valence-corrected chi connectivity index (χ1v) is 36.9. The van der Waals surface area contributed by atoms with Crippen molar-refractivity contribution >= 4 is 70.7 Å². The number of hydrogen-bond acceptors (Lipinski definition) is 27. The van der Waals surface area contributed by atoms with Gasteiger partial charge in [-0.3, -0.25) is 47.9 Å². The zero-order valence-electron chi connectivity index (χ0n) is 62.9. The summed E-state index contributed by atoms with van der Waals surface area (Å²) in [4.78, 5) is 170. The Balaban J connectivity index is 0.754. The summed E-state index contributed by atoms with van der Waals surface area (Å²) in [5.41, 5.74) is -12.6. The van der Waals surface area contributed by atoms with E-state index in [1.807, 2.05) is 0 Å². The van der Waals surface area contributed by atoms with Gasteiger partial charge in [0.25, 0.3) is 5.91 Å². The van der Waals surface area contributed by atoms with Gasteiger partial charge in [-0.2, -0.15) is 0 Å². The number of esters is 5. The normalized spacial score (nSPS) is 29.2. The van der Waals surface area contributed by atoms with Gasteiger partial charge in [0.15, 0.2) is 41.4 Å². The average Bonchev–Trinajstić information content (AvgIpc) is 0.667. The molecular weight excluding hydrogens is 1460 g/mol. The summed E-state index contributed by atoms with van der Waals surface area (Å²) in [7, 11) is 1.28. The van der Waals surface area contributed by atoms with Gasteiger partial charge in [-0.25, -0.2) is 9.59 Å². The predicted octanol–water partition coefficient (Wildman–Crippen LogP) is 5.16. The molecule has 12 rings (SSSR count). The van der Waals surface area contributed by atoms with Crippen LogP contribution in [0.2, 0.25) is 0 Å². The van der Waals surface area contributed by atoms with Crippen molar-refractivity contribution in [2.45, 2.75) is 203 Å². The molecule has 30 heteroatoms. The van der Waals surface area contributed by atoms with Gasteiger partial charge in [0, 0.05) is 93.0 Å². The fourth-order valence-corrected chi connectivity index (χ4v) is 17.4. The SMILES string of the molecule is COc1cccc2c1C(=O)c1c(O)c3c(c(O)c1C2=O)C[C@@](O)(C(C)=O)C[C@@H]3O[C@H]1C[C@H](NC(=O)CCCC(=O)NCCC(=O)O[C@H]2C[C@H]3OC[C@@]3(OC(C)=O)[C@H]3[C@H](OC(=O)c4ccccc4)[C@]4(O)C[C@H](OC(=O)[C@H](O)[C@@H](NC(=O)c5ccccc5)c5ccccc5)C(C)=C([C@@H](OC(C)=O)C(=O)[C@]23C)C4(C)C)[C@H](O)[C@H](C)O1. The number of phenols is 2. The monoisotopic (exact) mass is 1550 g/mol. The van der Waals surface area contributed by atoms with Crippen LogP contribution in [0.5, 0.6) is 17.2 Å². The maximum absolute atomic E-state index is 16.5. The number of aliphatic hydroxyl groups excluding tert-OH is 2. The fraction of sp³-hybridized carbons (Fsp3) is 0.463. The van der Waals surface area contributed by atoms with Crippen molar-refractivity contribution in [3.05, 3.63) is 170 Å². The molecular formula is C82H89N3O27. The molecule has 17 atom stereocenters. The van der Waals surface area contributed by atoms with Crippen molar-refractivity contribution in [3.63, 3.8) is 0 Å². The number of benzene rings is 5. The number of Topliss-reactive ketones (excluding diaryl/α,β-unsaturated/α-hetero) is 2. The second-order valence-electron chi connectivity index (χ2n) is 30.4. The Morgan fingerprint density at radius 1 is 0.705 bits per heavy atom. The molecule has 0 radical (unpaired) electrons. The number of methoxy groups -OCH3 is 1. The number of ether oxygens (including phenoxy) is 9. The number of rotatable bonds is 23. The molecule has 2 saturated heterocycles. The molecule has 2 aliphatic heterocycles. The highest BCUT2D eigenvalue weighted by Gasteiger charge is 2.79. The largest absolute Gasteiger partial charge is 0.507 e. The standard InChI is InChI=1S/C82H89N3O27/c1-39-51(109-77(101)70(97)64(44-21-13-10-14-22-44)85-75(99)45-23-15-11-16-24-45)37-82(103)74(111-76(100)46-25-17-12-18-26-46)72-79(8,73(98)71(107-42(4)87)63(39)78(82,6)7)53(34-54-81(72,38-105-54)112-43(5)88)110-57(91)31-32-83-55(89)29-20-30-56(90)84-49-33-58(106-40(2)65(49)92)108-52-36-80(102,41(3)86)35-48-60(52)69(96)62-61(67(48)94)66(93)47-27-19-28-50(104-9)59(47)68(62)95/h10-19,21-28,40,49,51-54,58,64-65,70-72,74,92,94,96-97,102-103H,20,29-38H2,1-9H3,(H,83,89)(H,84,90)(H,85,99)/t40-,49-,51-,52-,53-,54+,58-,64-,65+,70+,71+,72-,74-,79+,80-,81-,82+/m0/s1. The molecule has 5 aromatic carbocycles. The summed E-state index contributed by atoms with van der Waals surface area (Å²) in [5, 5.41) is 81.3. The summed E-state index contributed by atoms with van der Waals surface area (Å²) < 4.78 is 55.3. The van der Waals surface area contributed by atoms with E-state index in [1.165, 1.54) is 96.3 Å². The van der Waals surface area contributed by atoms with Crippen LogP contribution in [0, 0.1) is 16.7 Å². The Bertz CT molecular complexity index is 4660. The third-order valence-electron chi connectivity index (χ3n) is 23.3. The van der Waals surface area contributed by atoms with Gasteiger partial charge in [0.2, 0.25) is 17.6 Å². The first-order valence-electron chi connectivity index (χ1n) is 36.9. The number of aromatic hydroxyl groups is 2. The Morgan fingerprint density at radius 2 is 1.35 bits per heavy atom. The summed E-state index contributed by atoms with van der Waals surface area (Å²) in [5.74, 6) is -14.0. The van der Waals surface area contributed by atoms with Gasteiger partial charge >= 0.3 is 29.8 Å². The van der Waals surface area contributed by atoms with Gasteiger partial charge < -0.3 is 89.2 Å². The Labute approximate surface area is 642 Å². The van der Waals surface area contributed by atoms with Gasteiger partial charge in [-0.15, -0.1) is 0 Å². The van der Waals surface area contributed by atoms with Crippen molar-refractivity contribution in [1.82, 2.24) is 16.0 Å². The van der Waals surface area contributed by atoms with E-state index in [1.54, 1.807) is 54.6 Å². The molecule has 0 unspecified atom stereocenters. The van der Waals surface area contributed by atoms with E-state index >= 15 is 4.79 Å². The lowest BCUT2D eigenvalue weighted by atomic mass is 9.44. The molecule has 5 aliphatic carbocycles. The van der Waals surface area contributed by atoms with Crippen LogP contribution in [0.4, 0.5) is 0 Å². The molecule has 7 aliphatic rings. The molecule has 0 spiro atoms. The number of hydrogen-bond donors (Lipinski definition) is 9. The summed E-state index contributed by atoms with van der Waals surface area (Å²) in [6.45, 7) is 9.59. The van der Waals surface area contributed by atoms with Crippen molar-refractivity contribution in [1.29, 1.82) is 0 Å². The average molecular weight is 1550 g/mol. The zero-order valence-corrected chi connectivity index (χ0v) is 62.9. The van der Waals surface area contributed by atoms with E-state index in [-0.39, 0.29) is 88.1 Å². The van der Waals surface area contributed by atoms with Crippen LogP contribution in [-0.4, -0.2) is 200 Å². The molecule has 2 heterocycles. The van der Waals surface area contributed by atoms with E-state index in [2.05, 4.69) is 16.0 Å². The minimum Gasteiger partial charge on any atom is -0.507 e. The minimum absolute atomic E-state index is 0.0179. The summed E-state index contributed by atoms with van der Waals surface area (Å²) in [6, 6.07) is 25.3. The van der Waals surface area contributed by atoms with Crippen LogP contribution in [-0.2, 0) is 82.7 Å². The molecule has 594 valence electrons. The third-order valence-corrected chi connectivity index (χ3v) is 23.3. The van der Waals surface area contributed by atoms with Crippen molar-refractivity contribution in [3.8, 4) is 17.2 Å². The van der Waals surface area contributed by atoms with Crippen LogP contribution in [0.1, 0.15) is 188 Å². The molecule has 5 aromatic rings. The van der Waals surface area contributed by atoms with Gasteiger partial charge in [-0.05, 0) is 81.2 Å². The van der Waals surface area contributed by atoms with Gasteiger partial charge in [0.1, 0.15) is 59.0 Å². The van der Waals surface area contributed by atoms with Crippen LogP contribution in [0.3, 0.4) is 0 Å². The number of carbonyl (C=O) groups excluding carboxylic acids is 12. The van der Waals surface area contributed by atoms with Crippen molar-refractivity contribution < 1.29 is 131 Å². The highest BCUT2D eigenvalue weighted by atomic mass is 16.7. The van der Waals surface area contributed by atoms with Crippen molar-refractivity contribution in [2.24, 2.45) is 16.7 Å². The topological polar surface area (TPSA) is 445 Å². The number of phenolic OH excluding ortho intramolecular Hbond substituents is 2. The Morgan fingerprint density at radius 3 is 1.97 bits per heavy atom. The smallest absolute Gasteiger partial charge is 0.338 e. The molecule has 9 N–H and O–H groups in total.